The Kier molecular flexibility index (Phi) is 6.25. The van der Waals surface area contributed by atoms with Crippen molar-refractivity contribution in [2.24, 2.45) is 5.92 Å². The highest BCUT2D eigenvalue weighted by Crippen LogP contribution is 2.21. The maximum absolute atomic E-state index is 12.6. The molecular formula is C20H25NO6. The van der Waals surface area contributed by atoms with E-state index in [9.17, 15) is 14.4 Å². The van der Waals surface area contributed by atoms with E-state index in [2.05, 4.69) is 5.32 Å². The Balaban J connectivity index is 2.17. The normalized spacial score (nSPS) is 13.7. The number of ether oxygens (including phenoxy) is 2. The maximum atomic E-state index is 12.6. The maximum Gasteiger partial charge on any atom is 0.408 e. The highest BCUT2D eigenvalue weighted by Gasteiger charge is 2.30. The second kappa shape index (κ2) is 8.24. The molecule has 1 aromatic carbocycles. The molecule has 0 spiro atoms. The van der Waals surface area contributed by atoms with Crippen molar-refractivity contribution in [2.75, 3.05) is 0 Å². The molecule has 2 aromatic rings. The lowest BCUT2D eigenvalue weighted by Crippen LogP contribution is -2.48. The number of hydrogen-bond donors (Lipinski definition) is 1. The third-order valence-corrected chi connectivity index (χ3v) is 3.95. The van der Waals surface area contributed by atoms with Gasteiger partial charge < -0.3 is 19.2 Å². The average Bonchev–Trinajstić information content (AvgIpc) is 2.57. The molecule has 0 fully saturated rings. The van der Waals surface area contributed by atoms with Crippen molar-refractivity contribution < 1.29 is 23.5 Å². The van der Waals surface area contributed by atoms with Gasteiger partial charge in [-0.05, 0) is 44.9 Å². The van der Waals surface area contributed by atoms with Gasteiger partial charge in [-0.2, -0.15) is 0 Å². The number of carbonyl (C=O) groups excluding carboxylic acids is 2. The summed E-state index contributed by atoms with van der Waals surface area (Å²) in [5, 5.41) is 3.29. The van der Waals surface area contributed by atoms with Crippen molar-refractivity contribution in [3.63, 3.8) is 0 Å². The molecule has 0 radical (unpaired) electrons. The van der Waals surface area contributed by atoms with Crippen LogP contribution in [0.15, 0.2) is 39.5 Å². The Morgan fingerprint density at radius 2 is 1.85 bits per heavy atom. The molecule has 1 heterocycles. The van der Waals surface area contributed by atoms with Gasteiger partial charge in [0, 0.05) is 17.5 Å². The Bertz CT molecular complexity index is 880. The summed E-state index contributed by atoms with van der Waals surface area (Å²) in [7, 11) is 0. The minimum Gasteiger partial charge on any atom is -0.444 e. The first-order chi connectivity index (χ1) is 12.6. The summed E-state index contributed by atoms with van der Waals surface area (Å²) >= 11 is 0. The number of esters is 1. The average molecular weight is 375 g/mol. The molecule has 27 heavy (non-hydrogen) atoms. The van der Waals surface area contributed by atoms with Crippen molar-refractivity contribution in [1.29, 1.82) is 0 Å². The first kappa shape index (κ1) is 20.5. The third kappa shape index (κ3) is 5.84. The molecule has 0 aliphatic heterocycles. The van der Waals surface area contributed by atoms with Crippen LogP contribution in [0.5, 0.6) is 5.75 Å². The summed E-state index contributed by atoms with van der Waals surface area (Å²) < 4.78 is 15.7. The number of fused-ring (bicyclic) bond motifs is 1. The topological polar surface area (TPSA) is 94.8 Å². The summed E-state index contributed by atoms with van der Waals surface area (Å²) in [5.41, 5.74) is -0.854. The molecule has 0 bridgehead atoms. The van der Waals surface area contributed by atoms with Crippen LogP contribution in [0, 0.1) is 5.92 Å². The number of nitrogens with one attached hydrogen (secondary N) is 1. The van der Waals surface area contributed by atoms with E-state index < -0.39 is 29.3 Å². The summed E-state index contributed by atoms with van der Waals surface area (Å²) in [5.74, 6) is -0.558. The van der Waals surface area contributed by atoms with Crippen LogP contribution in [0.2, 0.25) is 0 Å². The quantitative estimate of drug-likeness (QED) is 0.487. The predicted octanol–water partition coefficient (Wildman–Crippen LogP) is 3.64. The van der Waals surface area contributed by atoms with Gasteiger partial charge >= 0.3 is 17.7 Å². The second-order valence-electron chi connectivity index (χ2n) is 7.38. The Morgan fingerprint density at radius 3 is 2.48 bits per heavy atom. The standard InChI is InChI=1S/C20H25NO6/c1-6-12(2)17(21-19(24)27-20(3,4)5)18(23)25-14-9-7-13-8-10-16(22)26-15(13)11-14/h7-12,17H,6H2,1-5H3,(H,21,24). The molecule has 0 aliphatic rings. The van der Waals surface area contributed by atoms with E-state index in [4.69, 9.17) is 13.9 Å². The monoisotopic (exact) mass is 375 g/mol. The van der Waals surface area contributed by atoms with Crippen LogP contribution in [0.3, 0.4) is 0 Å². The Morgan fingerprint density at radius 1 is 1.19 bits per heavy atom. The molecule has 0 saturated carbocycles. The van der Waals surface area contributed by atoms with Crippen molar-refractivity contribution in [3.8, 4) is 5.75 Å². The van der Waals surface area contributed by atoms with E-state index in [1.165, 1.54) is 12.1 Å². The van der Waals surface area contributed by atoms with Crippen molar-refractivity contribution in [2.45, 2.75) is 52.7 Å². The van der Waals surface area contributed by atoms with Crippen LogP contribution < -0.4 is 15.7 Å². The van der Waals surface area contributed by atoms with Gasteiger partial charge in [-0.1, -0.05) is 20.3 Å². The second-order valence-corrected chi connectivity index (χ2v) is 7.38. The van der Waals surface area contributed by atoms with Crippen LogP contribution >= 0.6 is 0 Å². The minimum atomic E-state index is -0.872. The van der Waals surface area contributed by atoms with Gasteiger partial charge in [0.2, 0.25) is 0 Å². The van der Waals surface area contributed by atoms with E-state index in [0.717, 1.165) is 0 Å². The Labute approximate surface area is 157 Å². The number of amides is 1. The molecule has 1 amide bonds. The van der Waals surface area contributed by atoms with Crippen molar-refractivity contribution >= 4 is 23.0 Å². The van der Waals surface area contributed by atoms with Gasteiger partial charge in [-0.15, -0.1) is 0 Å². The molecule has 2 atom stereocenters. The number of carbonyl (C=O) groups is 2. The smallest absolute Gasteiger partial charge is 0.408 e. The summed E-state index contributed by atoms with van der Waals surface area (Å²) in [6.45, 7) is 8.97. The van der Waals surface area contributed by atoms with Gasteiger partial charge in [-0.25, -0.2) is 14.4 Å². The zero-order chi connectivity index (χ0) is 20.2. The molecule has 2 unspecified atom stereocenters. The van der Waals surface area contributed by atoms with Crippen LogP contribution in [0.4, 0.5) is 4.79 Å². The minimum absolute atomic E-state index is 0.164. The first-order valence-electron chi connectivity index (χ1n) is 8.84. The number of alkyl carbamates (subject to hydrolysis) is 1. The van der Waals surface area contributed by atoms with Crippen molar-refractivity contribution in [1.82, 2.24) is 5.32 Å². The molecule has 1 N–H and O–H groups in total. The lowest BCUT2D eigenvalue weighted by Gasteiger charge is -2.25. The fourth-order valence-electron chi connectivity index (χ4n) is 2.39. The van der Waals surface area contributed by atoms with Gasteiger partial charge in [0.05, 0.1) is 0 Å². The van der Waals surface area contributed by atoms with Crippen molar-refractivity contribution in [3.05, 3.63) is 40.8 Å². The number of rotatable bonds is 5. The molecule has 2 rings (SSSR count). The zero-order valence-electron chi connectivity index (χ0n) is 16.2. The van der Waals surface area contributed by atoms with Gasteiger partial charge in [0.25, 0.3) is 0 Å². The lowest BCUT2D eigenvalue weighted by atomic mass is 9.99. The molecular weight excluding hydrogens is 350 g/mol. The molecule has 0 saturated heterocycles. The highest BCUT2D eigenvalue weighted by molar-refractivity contribution is 5.84. The number of benzene rings is 1. The molecule has 146 valence electrons. The van der Waals surface area contributed by atoms with E-state index in [1.54, 1.807) is 39.0 Å². The van der Waals surface area contributed by atoms with E-state index in [-0.39, 0.29) is 11.7 Å². The van der Waals surface area contributed by atoms with Crippen LogP contribution in [-0.4, -0.2) is 23.7 Å². The van der Waals surface area contributed by atoms with Crippen LogP contribution in [-0.2, 0) is 9.53 Å². The van der Waals surface area contributed by atoms with Gasteiger partial charge in [0.15, 0.2) is 0 Å². The Hall–Kier alpha value is -2.83. The first-order valence-corrected chi connectivity index (χ1v) is 8.84. The fourth-order valence-corrected chi connectivity index (χ4v) is 2.39. The predicted molar refractivity (Wildman–Crippen MR) is 101 cm³/mol. The molecule has 0 aliphatic carbocycles. The van der Waals surface area contributed by atoms with Crippen LogP contribution in [0.25, 0.3) is 11.0 Å². The van der Waals surface area contributed by atoms with E-state index in [1.807, 2.05) is 13.8 Å². The summed E-state index contributed by atoms with van der Waals surface area (Å²) in [4.78, 5) is 36.1. The molecule has 1 aromatic heterocycles. The van der Waals surface area contributed by atoms with Gasteiger partial charge in [0.1, 0.15) is 23.0 Å². The lowest BCUT2D eigenvalue weighted by molar-refractivity contribution is -0.138. The number of hydrogen-bond acceptors (Lipinski definition) is 6. The zero-order valence-corrected chi connectivity index (χ0v) is 16.2. The fraction of sp³-hybridized carbons (Fsp3) is 0.450. The van der Waals surface area contributed by atoms with Crippen LogP contribution in [0.1, 0.15) is 41.0 Å². The van der Waals surface area contributed by atoms with E-state index in [0.29, 0.717) is 17.4 Å². The highest BCUT2D eigenvalue weighted by atomic mass is 16.6. The third-order valence-electron chi connectivity index (χ3n) is 3.95. The molecule has 7 heteroatoms. The van der Waals surface area contributed by atoms with Gasteiger partial charge in [-0.3, -0.25) is 0 Å². The largest absolute Gasteiger partial charge is 0.444 e. The molecule has 7 nitrogen and oxygen atoms in total. The SMILES string of the molecule is CCC(C)C(NC(=O)OC(C)(C)C)C(=O)Oc1ccc2ccc(=O)oc2c1. The van der Waals surface area contributed by atoms with E-state index >= 15 is 0 Å². The summed E-state index contributed by atoms with van der Waals surface area (Å²) in [6.07, 6.45) is -0.0310. The summed E-state index contributed by atoms with van der Waals surface area (Å²) in [6, 6.07) is 6.82.